The first-order valence-corrected chi connectivity index (χ1v) is 5.35. The van der Waals surface area contributed by atoms with E-state index in [0.717, 1.165) is 25.5 Å². The van der Waals surface area contributed by atoms with Gasteiger partial charge in [0.05, 0.1) is 17.5 Å². The molecular formula is C10H8N2S2. The first kappa shape index (κ1) is 9.38. The molecule has 4 heteroatoms. The second-order valence-electron chi connectivity index (χ2n) is 3.00. The molecule has 2 N–H and O–H groups in total. The first-order chi connectivity index (χ1) is 6.70. The van der Waals surface area contributed by atoms with Crippen molar-refractivity contribution in [1.82, 2.24) is 0 Å². The summed E-state index contributed by atoms with van der Waals surface area (Å²) >= 11 is 5.87. The molecule has 2 aromatic rings. The van der Waals surface area contributed by atoms with Gasteiger partial charge in [0.2, 0.25) is 0 Å². The molecule has 2 nitrogen and oxygen atoms in total. The van der Waals surface area contributed by atoms with E-state index in [1.165, 1.54) is 11.3 Å². The van der Waals surface area contributed by atoms with Crippen molar-refractivity contribution in [2.75, 3.05) is 5.73 Å². The summed E-state index contributed by atoms with van der Waals surface area (Å²) in [5.74, 6) is 0. The third-order valence-corrected chi connectivity index (χ3v) is 3.35. The molecule has 0 saturated carbocycles. The van der Waals surface area contributed by atoms with Gasteiger partial charge < -0.3 is 5.73 Å². The number of benzene rings is 1. The van der Waals surface area contributed by atoms with E-state index in [2.05, 4.69) is 18.7 Å². The second-order valence-corrected chi connectivity index (χ2v) is 4.60. The van der Waals surface area contributed by atoms with Crippen LogP contribution in [-0.4, -0.2) is 0 Å². The van der Waals surface area contributed by atoms with E-state index < -0.39 is 0 Å². The Morgan fingerprint density at radius 1 is 1.43 bits per heavy atom. The Kier molecular flexibility index (Phi) is 2.36. The molecule has 0 spiro atoms. The van der Waals surface area contributed by atoms with Crippen molar-refractivity contribution in [2.45, 2.75) is 11.3 Å². The first-order valence-electron chi connectivity index (χ1n) is 4.08. The SMILES string of the molecule is N#CCc1cc2cc(N)sc2cc1S. The number of hydrogen-bond acceptors (Lipinski definition) is 4. The quantitative estimate of drug-likeness (QED) is 0.726. The third-order valence-electron chi connectivity index (χ3n) is 2.01. The molecule has 0 radical (unpaired) electrons. The molecule has 1 aromatic carbocycles. The molecule has 0 fully saturated rings. The minimum Gasteiger partial charge on any atom is -0.391 e. The molecule has 0 aliphatic rings. The Morgan fingerprint density at radius 2 is 2.21 bits per heavy atom. The maximum Gasteiger partial charge on any atom is 0.0868 e. The van der Waals surface area contributed by atoms with E-state index in [1.807, 2.05) is 18.2 Å². The van der Waals surface area contributed by atoms with Crippen molar-refractivity contribution >= 4 is 39.1 Å². The highest BCUT2D eigenvalue weighted by atomic mass is 32.1. The summed E-state index contributed by atoms with van der Waals surface area (Å²) in [7, 11) is 0. The highest BCUT2D eigenvalue weighted by Gasteiger charge is 2.04. The van der Waals surface area contributed by atoms with Crippen molar-refractivity contribution in [2.24, 2.45) is 0 Å². The zero-order chi connectivity index (χ0) is 10.1. The fourth-order valence-corrected chi connectivity index (χ4v) is 2.58. The molecule has 0 aliphatic heterocycles. The van der Waals surface area contributed by atoms with Gasteiger partial charge in [0.15, 0.2) is 0 Å². The lowest BCUT2D eigenvalue weighted by Crippen LogP contribution is -1.83. The van der Waals surface area contributed by atoms with Crippen LogP contribution in [0.4, 0.5) is 5.00 Å². The summed E-state index contributed by atoms with van der Waals surface area (Å²) in [6.45, 7) is 0. The Labute approximate surface area is 91.4 Å². The number of fused-ring (bicyclic) bond motifs is 1. The number of nitrogens with zero attached hydrogens (tertiary/aromatic N) is 1. The minimum absolute atomic E-state index is 0.393. The number of thiol groups is 1. The van der Waals surface area contributed by atoms with E-state index in [9.17, 15) is 0 Å². The zero-order valence-electron chi connectivity index (χ0n) is 7.32. The average Bonchev–Trinajstić information content (AvgIpc) is 2.45. The van der Waals surface area contributed by atoms with Crippen LogP contribution < -0.4 is 5.73 Å². The Hall–Kier alpha value is -1.18. The van der Waals surface area contributed by atoms with Crippen LogP contribution in [0.2, 0.25) is 0 Å². The van der Waals surface area contributed by atoms with Gasteiger partial charge in [-0.05, 0) is 29.1 Å². The highest BCUT2D eigenvalue weighted by Crippen LogP contribution is 2.31. The molecule has 0 atom stereocenters. The number of rotatable bonds is 1. The van der Waals surface area contributed by atoms with Crippen molar-refractivity contribution in [3.8, 4) is 6.07 Å². The van der Waals surface area contributed by atoms with Crippen molar-refractivity contribution in [1.29, 1.82) is 5.26 Å². The molecule has 0 aliphatic carbocycles. The van der Waals surface area contributed by atoms with Gasteiger partial charge in [-0.25, -0.2) is 0 Å². The van der Waals surface area contributed by atoms with Crippen LogP contribution in [0, 0.1) is 11.3 Å². The van der Waals surface area contributed by atoms with Gasteiger partial charge in [-0.3, -0.25) is 0 Å². The van der Waals surface area contributed by atoms with E-state index in [-0.39, 0.29) is 0 Å². The number of nitriles is 1. The van der Waals surface area contributed by atoms with E-state index in [4.69, 9.17) is 11.0 Å². The lowest BCUT2D eigenvalue weighted by atomic mass is 10.1. The predicted molar refractivity (Wildman–Crippen MR) is 62.8 cm³/mol. The fourth-order valence-electron chi connectivity index (χ4n) is 1.37. The molecule has 14 heavy (non-hydrogen) atoms. The number of nitrogens with two attached hydrogens (primary N) is 1. The predicted octanol–water partition coefficient (Wildman–Crippen LogP) is 2.84. The average molecular weight is 220 g/mol. The summed E-state index contributed by atoms with van der Waals surface area (Å²) in [6, 6.07) is 7.99. The highest BCUT2D eigenvalue weighted by molar-refractivity contribution is 7.80. The monoisotopic (exact) mass is 220 g/mol. The summed E-state index contributed by atoms with van der Waals surface area (Å²) in [5, 5.41) is 10.5. The maximum atomic E-state index is 8.62. The Bertz CT molecular complexity index is 523. The van der Waals surface area contributed by atoms with Crippen LogP contribution in [0.25, 0.3) is 10.1 Å². The fraction of sp³-hybridized carbons (Fsp3) is 0.100. The second kappa shape index (κ2) is 3.52. The molecule has 1 aromatic heterocycles. The lowest BCUT2D eigenvalue weighted by Gasteiger charge is -1.99. The summed E-state index contributed by atoms with van der Waals surface area (Å²) in [5.41, 5.74) is 6.65. The third kappa shape index (κ3) is 1.57. The van der Waals surface area contributed by atoms with Crippen LogP contribution in [0.5, 0.6) is 0 Å². The molecule has 0 bridgehead atoms. The lowest BCUT2D eigenvalue weighted by molar-refractivity contribution is 1.20. The Balaban J connectivity index is 2.65. The molecule has 2 rings (SSSR count). The Morgan fingerprint density at radius 3 is 2.93 bits per heavy atom. The number of hydrogen-bond donors (Lipinski definition) is 2. The van der Waals surface area contributed by atoms with E-state index >= 15 is 0 Å². The number of thiophene rings is 1. The normalized spacial score (nSPS) is 10.3. The van der Waals surface area contributed by atoms with Gasteiger partial charge in [0.25, 0.3) is 0 Å². The van der Waals surface area contributed by atoms with Crippen molar-refractivity contribution < 1.29 is 0 Å². The van der Waals surface area contributed by atoms with Gasteiger partial charge in [-0.1, -0.05) is 0 Å². The molecular weight excluding hydrogens is 212 g/mol. The van der Waals surface area contributed by atoms with Crippen molar-refractivity contribution in [3.63, 3.8) is 0 Å². The molecule has 1 heterocycles. The van der Waals surface area contributed by atoms with Gasteiger partial charge in [0.1, 0.15) is 0 Å². The standard InChI is InChI=1S/C10H8N2S2/c11-2-1-6-3-7-4-10(12)14-9(7)5-8(6)13/h3-5,13H,1,12H2. The van der Waals surface area contributed by atoms with Gasteiger partial charge in [-0.15, -0.1) is 24.0 Å². The van der Waals surface area contributed by atoms with E-state index in [0.29, 0.717) is 6.42 Å². The smallest absolute Gasteiger partial charge is 0.0868 e. The van der Waals surface area contributed by atoms with Gasteiger partial charge >= 0.3 is 0 Å². The van der Waals surface area contributed by atoms with Crippen LogP contribution >= 0.6 is 24.0 Å². The van der Waals surface area contributed by atoms with Crippen LogP contribution in [0.1, 0.15) is 5.56 Å². The molecule has 0 unspecified atom stereocenters. The molecule has 70 valence electrons. The topological polar surface area (TPSA) is 49.8 Å². The van der Waals surface area contributed by atoms with Crippen molar-refractivity contribution in [3.05, 3.63) is 23.8 Å². The largest absolute Gasteiger partial charge is 0.391 e. The number of nitrogen functional groups attached to an aromatic ring is 1. The van der Waals surface area contributed by atoms with E-state index in [1.54, 1.807) is 0 Å². The zero-order valence-corrected chi connectivity index (χ0v) is 9.03. The van der Waals surface area contributed by atoms with Crippen LogP contribution in [0.3, 0.4) is 0 Å². The maximum absolute atomic E-state index is 8.62. The van der Waals surface area contributed by atoms with Crippen LogP contribution in [-0.2, 0) is 6.42 Å². The number of anilines is 1. The summed E-state index contributed by atoms with van der Waals surface area (Å²) < 4.78 is 1.12. The van der Waals surface area contributed by atoms with Gasteiger partial charge in [-0.2, -0.15) is 5.26 Å². The summed E-state index contributed by atoms with van der Waals surface area (Å²) in [4.78, 5) is 0.862. The van der Waals surface area contributed by atoms with Crippen LogP contribution in [0.15, 0.2) is 23.1 Å². The molecule has 0 saturated heterocycles. The molecule has 0 amide bonds. The summed E-state index contributed by atoms with van der Waals surface area (Å²) in [6.07, 6.45) is 0.393. The minimum atomic E-state index is 0.393. The van der Waals surface area contributed by atoms with Gasteiger partial charge in [0, 0.05) is 9.60 Å².